The Bertz CT molecular complexity index is 648. The Morgan fingerprint density at radius 1 is 1.41 bits per heavy atom. The van der Waals surface area contributed by atoms with E-state index in [2.05, 4.69) is 0 Å². The molecule has 0 aliphatic carbocycles. The van der Waals surface area contributed by atoms with E-state index in [4.69, 9.17) is 21.1 Å². The summed E-state index contributed by atoms with van der Waals surface area (Å²) in [5.41, 5.74) is -0.694. The van der Waals surface area contributed by atoms with Gasteiger partial charge in [0.25, 0.3) is 5.91 Å². The molecule has 2 atom stereocenters. The van der Waals surface area contributed by atoms with Crippen LogP contribution in [0.25, 0.3) is 0 Å². The number of sulfone groups is 1. The summed E-state index contributed by atoms with van der Waals surface area (Å²) >= 11 is 5.77. The molecule has 0 spiro atoms. The molecule has 2 rings (SSSR count). The first-order chi connectivity index (χ1) is 10.0. The minimum Gasteiger partial charge on any atom is -0.455 e. The van der Waals surface area contributed by atoms with Crippen molar-refractivity contribution in [1.29, 1.82) is 0 Å². The number of hydrogen-bond acceptors (Lipinski definition) is 6. The molecule has 0 aromatic carbocycles. The highest BCUT2D eigenvalue weighted by Gasteiger charge is 2.60. The minimum atomic E-state index is -3.66. The summed E-state index contributed by atoms with van der Waals surface area (Å²) in [5, 5.41) is -1.19. The van der Waals surface area contributed by atoms with Crippen LogP contribution in [-0.2, 0) is 28.9 Å². The Labute approximate surface area is 134 Å². The fourth-order valence-corrected chi connectivity index (χ4v) is 4.84. The zero-order valence-corrected chi connectivity index (χ0v) is 14.3. The van der Waals surface area contributed by atoms with E-state index in [1.54, 1.807) is 20.8 Å². The summed E-state index contributed by atoms with van der Waals surface area (Å²) in [4.78, 5) is 25.4. The van der Waals surface area contributed by atoms with E-state index in [0.29, 0.717) is 0 Å². The van der Waals surface area contributed by atoms with E-state index in [0.717, 1.165) is 4.90 Å². The van der Waals surface area contributed by atoms with Crippen molar-refractivity contribution in [2.75, 3.05) is 18.7 Å². The maximum Gasteiger partial charge on any atom is 0.355 e. The van der Waals surface area contributed by atoms with Gasteiger partial charge in [0.1, 0.15) is 11.3 Å². The molecular weight excluding hydrogens is 334 g/mol. The number of β-lactam (4-membered cyclic amide) rings is 1. The van der Waals surface area contributed by atoms with E-state index in [1.807, 2.05) is 0 Å². The van der Waals surface area contributed by atoms with Crippen molar-refractivity contribution in [2.24, 2.45) is 0 Å². The Hall–Kier alpha value is -1.12. The van der Waals surface area contributed by atoms with Crippen molar-refractivity contribution in [3.63, 3.8) is 0 Å². The SMILES string of the molecule is COC1C(=O)N2C(C(=O)OC(C)(C)C)=C(CCl)CS(=O)(=O)C12. The molecule has 1 fully saturated rings. The van der Waals surface area contributed by atoms with Gasteiger partial charge in [-0.05, 0) is 26.3 Å². The van der Waals surface area contributed by atoms with Crippen LogP contribution in [0.15, 0.2) is 11.3 Å². The highest BCUT2D eigenvalue weighted by molar-refractivity contribution is 7.92. The Kier molecular flexibility index (Phi) is 4.31. The van der Waals surface area contributed by atoms with Crippen LogP contribution >= 0.6 is 11.6 Å². The lowest BCUT2D eigenvalue weighted by Gasteiger charge is -2.48. The number of amides is 1. The first kappa shape index (κ1) is 17.2. The van der Waals surface area contributed by atoms with Crippen LogP contribution in [0.4, 0.5) is 0 Å². The minimum absolute atomic E-state index is 0.0805. The smallest absolute Gasteiger partial charge is 0.355 e. The molecule has 2 aliphatic heterocycles. The number of nitrogens with zero attached hydrogens (tertiary/aromatic N) is 1. The van der Waals surface area contributed by atoms with Crippen molar-refractivity contribution >= 4 is 33.3 Å². The lowest BCUT2D eigenvalue weighted by Crippen LogP contribution is -2.70. The molecule has 2 heterocycles. The monoisotopic (exact) mass is 351 g/mol. The molecule has 22 heavy (non-hydrogen) atoms. The third kappa shape index (κ3) is 2.75. The van der Waals surface area contributed by atoms with Crippen molar-refractivity contribution in [3.05, 3.63) is 11.3 Å². The Morgan fingerprint density at radius 3 is 2.45 bits per heavy atom. The van der Waals surface area contributed by atoms with Gasteiger partial charge in [0.05, 0.1) is 5.75 Å². The van der Waals surface area contributed by atoms with Gasteiger partial charge in [0, 0.05) is 13.0 Å². The number of rotatable bonds is 3. The van der Waals surface area contributed by atoms with Gasteiger partial charge >= 0.3 is 5.97 Å². The van der Waals surface area contributed by atoms with Gasteiger partial charge in [-0.1, -0.05) is 0 Å². The average Bonchev–Trinajstić information content (AvgIpc) is 2.36. The van der Waals surface area contributed by atoms with Crippen LogP contribution in [0.3, 0.4) is 0 Å². The van der Waals surface area contributed by atoms with E-state index in [1.165, 1.54) is 7.11 Å². The van der Waals surface area contributed by atoms with Crippen molar-refractivity contribution in [1.82, 2.24) is 4.90 Å². The molecule has 0 radical (unpaired) electrons. The molecule has 1 saturated heterocycles. The molecular formula is C13H18ClNO6S. The average molecular weight is 352 g/mol. The second-order valence-electron chi connectivity index (χ2n) is 6.15. The Balaban J connectivity index is 2.48. The quantitative estimate of drug-likeness (QED) is 0.416. The molecule has 9 heteroatoms. The van der Waals surface area contributed by atoms with Crippen molar-refractivity contribution < 1.29 is 27.5 Å². The second kappa shape index (κ2) is 5.50. The highest BCUT2D eigenvalue weighted by atomic mass is 35.5. The first-order valence-corrected chi connectivity index (χ1v) is 8.87. The molecule has 2 unspecified atom stereocenters. The summed E-state index contributed by atoms with van der Waals surface area (Å²) in [7, 11) is -2.41. The summed E-state index contributed by atoms with van der Waals surface area (Å²) in [6.07, 6.45) is -1.10. The predicted molar refractivity (Wildman–Crippen MR) is 78.8 cm³/mol. The van der Waals surface area contributed by atoms with Crippen LogP contribution in [0.5, 0.6) is 0 Å². The molecule has 0 aromatic rings. The molecule has 2 aliphatic rings. The summed E-state index contributed by atoms with van der Waals surface area (Å²) in [6.45, 7) is 5.04. The molecule has 1 amide bonds. The second-order valence-corrected chi connectivity index (χ2v) is 8.51. The summed E-state index contributed by atoms with van der Waals surface area (Å²) in [6, 6.07) is 0. The summed E-state index contributed by atoms with van der Waals surface area (Å²) < 4.78 is 34.7. The fraction of sp³-hybridized carbons (Fsp3) is 0.692. The number of hydrogen-bond donors (Lipinski definition) is 0. The molecule has 0 bridgehead atoms. The zero-order valence-electron chi connectivity index (χ0n) is 12.8. The van der Waals surface area contributed by atoms with Gasteiger partial charge in [0.2, 0.25) is 0 Å². The number of fused-ring (bicyclic) bond motifs is 1. The van der Waals surface area contributed by atoms with E-state index in [9.17, 15) is 18.0 Å². The summed E-state index contributed by atoms with van der Waals surface area (Å²) in [5.74, 6) is -1.91. The number of carbonyl (C=O) groups is 2. The van der Waals surface area contributed by atoms with Crippen LogP contribution < -0.4 is 0 Å². The highest BCUT2D eigenvalue weighted by Crippen LogP contribution is 2.38. The van der Waals surface area contributed by atoms with E-state index >= 15 is 0 Å². The van der Waals surface area contributed by atoms with Crippen molar-refractivity contribution in [2.45, 2.75) is 37.9 Å². The van der Waals surface area contributed by atoms with E-state index in [-0.39, 0.29) is 22.9 Å². The van der Waals surface area contributed by atoms with Crippen LogP contribution in [-0.4, -0.2) is 61.0 Å². The number of esters is 1. The lowest BCUT2D eigenvalue weighted by atomic mass is 10.1. The van der Waals surface area contributed by atoms with Gasteiger partial charge < -0.3 is 9.47 Å². The van der Waals surface area contributed by atoms with Gasteiger partial charge in [-0.25, -0.2) is 13.2 Å². The lowest BCUT2D eigenvalue weighted by molar-refractivity contribution is -0.167. The van der Waals surface area contributed by atoms with Gasteiger partial charge in [0.15, 0.2) is 21.3 Å². The normalized spacial score (nSPS) is 27.3. The van der Waals surface area contributed by atoms with Gasteiger partial charge in [-0.2, -0.15) is 0 Å². The predicted octanol–water partition coefficient (Wildman–Crippen LogP) is 0.433. The topological polar surface area (TPSA) is 90.0 Å². The number of halogens is 1. The van der Waals surface area contributed by atoms with E-state index < -0.39 is 38.8 Å². The third-order valence-corrected chi connectivity index (χ3v) is 5.59. The molecule has 7 nitrogen and oxygen atoms in total. The number of carbonyl (C=O) groups excluding carboxylic acids is 2. The molecule has 124 valence electrons. The first-order valence-electron chi connectivity index (χ1n) is 6.62. The van der Waals surface area contributed by atoms with Gasteiger partial charge in [-0.15, -0.1) is 11.6 Å². The van der Waals surface area contributed by atoms with Crippen molar-refractivity contribution in [3.8, 4) is 0 Å². The fourth-order valence-electron chi connectivity index (χ4n) is 2.48. The largest absolute Gasteiger partial charge is 0.455 e. The number of alkyl halides is 1. The molecule has 0 aromatic heterocycles. The van der Waals surface area contributed by atoms with Gasteiger partial charge in [-0.3, -0.25) is 9.69 Å². The van der Waals surface area contributed by atoms with Crippen LogP contribution in [0, 0.1) is 0 Å². The van der Waals surface area contributed by atoms with Crippen LogP contribution in [0.2, 0.25) is 0 Å². The maximum absolute atomic E-state index is 12.4. The zero-order chi connectivity index (χ0) is 16.9. The number of ether oxygens (including phenoxy) is 2. The molecule has 0 saturated carbocycles. The maximum atomic E-state index is 12.4. The number of methoxy groups -OCH3 is 1. The van der Waals surface area contributed by atoms with Crippen LogP contribution in [0.1, 0.15) is 20.8 Å². The third-order valence-electron chi connectivity index (χ3n) is 3.32. The Morgan fingerprint density at radius 2 is 2.00 bits per heavy atom. The standard InChI is InChI=1S/C13H18ClNO6S/c1-13(2,3)21-12(17)8-7(5-14)6-22(18,19)11-9(20-4)10(16)15(8)11/h9,11H,5-6H2,1-4H3. The molecule has 0 N–H and O–H groups in total.